The molecule has 6 rings (SSSR count). The van der Waals surface area contributed by atoms with E-state index in [1.54, 1.807) is 0 Å². The zero-order chi connectivity index (χ0) is 22.1. The number of hydrogen-bond donors (Lipinski definition) is 2. The maximum absolute atomic E-state index is 13.5. The van der Waals surface area contributed by atoms with Crippen molar-refractivity contribution in [1.82, 2.24) is 14.5 Å². The van der Waals surface area contributed by atoms with E-state index in [2.05, 4.69) is 10.3 Å². The van der Waals surface area contributed by atoms with Gasteiger partial charge in [-0.1, -0.05) is 24.3 Å². The number of carbonyl (C=O) groups is 2. The Morgan fingerprint density at radius 3 is 2.69 bits per heavy atom. The fraction of sp³-hybridized carbons (Fsp3) is 0.160. The van der Waals surface area contributed by atoms with Crippen LogP contribution in [0, 0.1) is 0 Å². The lowest BCUT2D eigenvalue weighted by molar-refractivity contribution is -0.139. The number of imide groups is 1. The lowest BCUT2D eigenvalue weighted by Crippen LogP contribution is -2.33. The fourth-order valence-corrected chi connectivity index (χ4v) is 5.07. The van der Waals surface area contributed by atoms with Gasteiger partial charge in [-0.3, -0.25) is 19.3 Å². The van der Waals surface area contributed by atoms with Crippen LogP contribution in [0.2, 0.25) is 0 Å². The van der Waals surface area contributed by atoms with Gasteiger partial charge in [0.2, 0.25) is 5.91 Å². The Balaban J connectivity index is 1.70. The summed E-state index contributed by atoms with van der Waals surface area (Å²) in [6.45, 7) is 1.55. The quantitative estimate of drug-likeness (QED) is 0.491. The van der Waals surface area contributed by atoms with Crippen LogP contribution in [0.3, 0.4) is 0 Å². The van der Waals surface area contributed by atoms with E-state index in [1.165, 1.54) is 11.8 Å². The van der Waals surface area contributed by atoms with E-state index in [-0.39, 0.29) is 23.9 Å². The maximum Gasteiger partial charge on any atom is 0.259 e. The van der Waals surface area contributed by atoms with Crippen LogP contribution in [-0.2, 0) is 16.6 Å². The van der Waals surface area contributed by atoms with E-state index >= 15 is 0 Å². The van der Waals surface area contributed by atoms with Crippen LogP contribution in [0.1, 0.15) is 24.0 Å². The Kier molecular flexibility index (Phi) is 3.74. The van der Waals surface area contributed by atoms with Gasteiger partial charge in [-0.15, -0.1) is 0 Å². The molecule has 0 fully saturated rings. The molecule has 2 aliphatic rings. The van der Waals surface area contributed by atoms with Crippen molar-refractivity contribution in [2.75, 3.05) is 11.9 Å². The Labute approximate surface area is 183 Å². The number of amides is 2. The molecular formula is C25H20N4O3. The smallest absolute Gasteiger partial charge is 0.259 e. The molecule has 2 N–H and O–H groups in total. The van der Waals surface area contributed by atoms with Crippen LogP contribution in [0.25, 0.3) is 21.8 Å². The fourth-order valence-electron chi connectivity index (χ4n) is 5.07. The van der Waals surface area contributed by atoms with Crippen molar-refractivity contribution >= 4 is 39.3 Å². The second kappa shape index (κ2) is 6.43. The number of aryl methyl sites for hydroxylation is 1. The number of hydrogen-bond acceptors (Lipinski definition) is 4. The Morgan fingerprint density at radius 2 is 1.88 bits per heavy atom. The third kappa shape index (κ3) is 2.45. The predicted molar refractivity (Wildman–Crippen MR) is 122 cm³/mol. The third-order valence-electron chi connectivity index (χ3n) is 6.52. The highest BCUT2D eigenvalue weighted by molar-refractivity contribution is 6.11. The summed E-state index contributed by atoms with van der Waals surface area (Å²) in [5.41, 5.74) is 4.83. The Hall–Kier alpha value is -4.13. The number of anilines is 1. The van der Waals surface area contributed by atoms with Crippen LogP contribution in [0.15, 0.2) is 70.8 Å². The first-order valence-electron chi connectivity index (χ1n) is 10.5. The first-order chi connectivity index (χ1) is 15.4. The standard InChI is InChI=1S/C25H20N4O3/c1-13(30)29-12-19-23(25(29)32)21(15-10-14-6-3-4-7-17(14)27-24(15)31)16-11-28(2)20-9-5-8-18(26-19)22(16)20/h3-11,21,26H,12H2,1-2H3,(H,27,31)/t21-/m1/s1. The van der Waals surface area contributed by atoms with E-state index in [4.69, 9.17) is 0 Å². The number of nitrogens with zero attached hydrogens (tertiary/aromatic N) is 2. The van der Waals surface area contributed by atoms with Gasteiger partial charge in [-0.05, 0) is 35.2 Å². The first kappa shape index (κ1) is 18.6. The summed E-state index contributed by atoms with van der Waals surface area (Å²) in [5, 5.41) is 5.27. The topological polar surface area (TPSA) is 87.2 Å². The number of nitrogens with one attached hydrogen (secondary N) is 2. The molecule has 0 saturated carbocycles. The molecule has 0 aliphatic carbocycles. The summed E-state index contributed by atoms with van der Waals surface area (Å²) in [5.74, 6) is -1.28. The minimum atomic E-state index is -0.602. The molecule has 0 radical (unpaired) electrons. The number of fused-ring (bicyclic) bond motifs is 1. The summed E-state index contributed by atoms with van der Waals surface area (Å²) in [4.78, 5) is 43.1. The van der Waals surface area contributed by atoms with Gasteiger partial charge in [-0.2, -0.15) is 0 Å². The van der Waals surface area contributed by atoms with E-state index < -0.39 is 5.92 Å². The third-order valence-corrected chi connectivity index (χ3v) is 6.52. The largest absolute Gasteiger partial charge is 0.356 e. The second-order valence-corrected chi connectivity index (χ2v) is 8.40. The van der Waals surface area contributed by atoms with E-state index in [0.717, 1.165) is 33.1 Å². The zero-order valence-electron chi connectivity index (χ0n) is 17.6. The molecule has 7 nitrogen and oxygen atoms in total. The minimum absolute atomic E-state index is 0.165. The zero-order valence-corrected chi connectivity index (χ0v) is 17.6. The van der Waals surface area contributed by atoms with Crippen LogP contribution in [-0.4, -0.2) is 32.8 Å². The molecule has 2 aliphatic heterocycles. The molecule has 0 unspecified atom stereocenters. The highest BCUT2D eigenvalue weighted by atomic mass is 16.2. The summed E-state index contributed by atoms with van der Waals surface area (Å²) >= 11 is 0. The normalized spacial score (nSPS) is 17.6. The van der Waals surface area contributed by atoms with Crippen LogP contribution < -0.4 is 10.9 Å². The molecule has 0 saturated heterocycles. The predicted octanol–water partition coefficient (Wildman–Crippen LogP) is 3.22. The average Bonchev–Trinajstić information content (AvgIpc) is 3.22. The highest BCUT2D eigenvalue weighted by Crippen LogP contribution is 2.45. The molecule has 2 amide bonds. The van der Waals surface area contributed by atoms with Crippen LogP contribution in [0.4, 0.5) is 5.69 Å². The number of para-hydroxylation sites is 1. The SMILES string of the molecule is CC(=O)N1CC2=C(C1=O)[C@H](c1cc3ccccc3[nH]c1=O)c1cn(C)c3cccc(c13)N2. The van der Waals surface area contributed by atoms with Crippen LogP contribution >= 0.6 is 0 Å². The molecule has 2 aromatic carbocycles. The van der Waals surface area contributed by atoms with Crippen molar-refractivity contribution in [3.05, 3.63) is 87.5 Å². The summed E-state index contributed by atoms with van der Waals surface area (Å²) < 4.78 is 2.01. The lowest BCUT2D eigenvalue weighted by Gasteiger charge is -2.19. The van der Waals surface area contributed by atoms with Gasteiger partial charge in [0.15, 0.2) is 0 Å². The number of pyridine rings is 1. The maximum atomic E-state index is 13.5. The van der Waals surface area contributed by atoms with Gasteiger partial charge in [0.05, 0.1) is 17.6 Å². The molecule has 4 aromatic rings. The monoisotopic (exact) mass is 424 g/mol. The van der Waals surface area contributed by atoms with Crippen molar-refractivity contribution in [3.8, 4) is 0 Å². The molecule has 0 bridgehead atoms. The van der Waals surface area contributed by atoms with Gasteiger partial charge >= 0.3 is 0 Å². The minimum Gasteiger partial charge on any atom is -0.356 e. The summed E-state index contributed by atoms with van der Waals surface area (Å²) in [7, 11) is 1.95. The first-order valence-corrected chi connectivity index (χ1v) is 10.5. The number of aromatic amines is 1. The molecule has 32 heavy (non-hydrogen) atoms. The van der Waals surface area contributed by atoms with Crippen molar-refractivity contribution < 1.29 is 9.59 Å². The molecule has 1 atom stereocenters. The molecule has 2 aromatic heterocycles. The molecule has 0 spiro atoms. The second-order valence-electron chi connectivity index (χ2n) is 8.40. The Morgan fingerprint density at radius 1 is 1.06 bits per heavy atom. The number of benzene rings is 2. The van der Waals surface area contributed by atoms with Crippen LogP contribution in [0.5, 0.6) is 0 Å². The van der Waals surface area contributed by atoms with Gasteiger partial charge < -0.3 is 14.9 Å². The van der Waals surface area contributed by atoms with E-state index in [1.807, 2.05) is 66.3 Å². The van der Waals surface area contributed by atoms with Crippen molar-refractivity contribution in [3.63, 3.8) is 0 Å². The number of rotatable bonds is 1. The molecular weight excluding hydrogens is 404 g/mol. The van der Waals surface area contributed by atoms with Gasteiger partial charge in [-0.25, -0.2) is 0 Å². The average molecular weight is 424 g/mol. The van der Waals surface area contributed by atoms with Gasteiger partial charge in [0.25, 0.3) is 11.5 Å². The Bertz CT molecular complexity index is 1570. The summed E-state index contributed by atoms with van der Waals surface area (Å²) in [6.07, 6.45) is 1.98. The lowest BCUT2D eigenvalue weighted by atomic mass is 9.84. The molecule has 4 heterocycles. The van der Waals surface area contributed by atoms with Gasteiger partial charge in [0.1, 0.15) is 0 Å². The number of carbonyl (C=O) groups excluding carboxylic acids is 2. The van der Waals surface area contributed by atoms with E-state index in [0.29, 0.717) is 16.8 Å². The number of H-pyrrole nitrogens is 1. The highest BCUT2D eigenvalue weighted by Gasteiger charge is 2.42. The van der Waals surface area contributed by atoms with Crippen molar-refractivity contribution in [1.29, 1.82) is 0 Å². The van der Waals surface area contributed by atoms with E-state index in [9.17, 15) is 14.4 Å². The number of aromatic nitrogens is 2. The van der Waals surface area contributed by atoms with Gasteiger partial charge in [0, 0.05) is 53.9 Å². The van der Waals surface area contributed by atoms with Crippen molar-refractivity contribution in [2.24, 2.45) is 7.05 Å². The van der Waals surface area contributed by atoms with Crippen molar-refractivity contribution in [2.45, 2.75) is 12.8 Å². The summed E-state index contributed by atoms with van der Waals surface area (Å²) in [6, 6.07) is 15.4. The molecule has 7 heteroatoms. The molecule has 158 valence electrons.